The maximum Gasteiger partial charge on any atom is 0.0620 e. The number of unbranched alkanes of at least 4 members (excludes halogenated alkanes) is 5. The normalized spacial score (nSPS) is 12.5. The van der Waals surface area contributed by atoms with E-state index in [4.69, 9.17) is 0 Å². The average Bonchev–Trinajstić information content (AvgIpc) is 3.37. The first kappa shape index (κ1) is 58.3. The van der Waals surface area contributed by atoms with E-state index in [-0.39, 0.29) is 21.7 Å². The molecular formula is C74H100N2. The predicted molar refractivity (Wildman–Crippen MR) is 339 cm³/mol. The molecular weight excluding hydrogens is 917 g/mol. The molecule has 0 N–H and O–H groups in total. The third kappa shape index (κ3) is 13.8. The van der Waals surface area contributed by atoms with Gasteiger partial charge in [-0.2, -0.15) is 0 Å². The van der Waals surface area contributed by atoms with Gasteiger partial charge in [0.15, 0.2) is 0 Å². The molecule has 0 spiro atoms. The maximum atomic E-state index is 2.73. The Bertz CT molecular complexity index is 2940. The van der Waals surface area contributed by atoms with Crippen LogP contribution in [0.3, 0.4) is 0 Å². The summed E-state index contributed by atoms with van der Waals surface area (Å²) in [5, 5.41) is 5.12. The highest BCUT2D eigenvalue weighted by molar-refractivity contribution is 6.23. The summed E-state index contributed by atoms with van der Waals surface area (Å²) in [6, 6.07) is 47.4. The van der Waals surface area contributed by atoms with Crippen LogP contribution in [0.15, 0.2) is 115 Å². The minimum Gasteiger partial charge on any atom is -0.309 e. The first-order chi connectivity index (χ1) is 36.0. The highest BCUT2D eigenvalue weighted by atomic mass is 15.2. The largest absolute Gasteiger partial charge is 0.309 e. The van der Waals surface area contributed by atoms with Gasteiger partial charge in [-0.3, -0.25) is 0 Å². The quantitative estimate of drug-likeness (QED) is 0.0523. The van der Waals surface area contributed by atoms with E-state index < -0.39 is 0 Å². The van der Waals surface area contributed by atoms with Gasteiger partial charge in [-0.15, -0.1) is 0 Å². The fraction of sp³-hybridized carbons (Fsp3) is 0.486. The summed E-state index contributed by atoms with van der Waals surface area (Å²) in [7, 11) is 0. The number of nitrogens with zero attached hydrogens (tertiary/aromatic N) is 2. The lowest BCUT2D eigenvalue weighted by Gasteiger charge is -2.36. The van der Waals surface area contributed by atoms with Crippen molar-refractivity contribution in [2.75, 3.05) is 9.80 Å². The summed E-state index contributed by atoms with van der Waals surface area (Å²) in [6.07, 6.45) is 17.0. The molecule has 0 aliphatic rings. The summed E-state index contributed by atoms with van der Waals surface area (Å²) in [6.45, 7) is 40.2. The SMILES string of the molecule is CCCCc1cc(CCCC)cc(N(c2cc(C(C)(C)C)cc(C(C)(C)C)c2)c2c3ccccc3c(N(c3cc(CCCC)cc(CCCC)c3)c3cc(C(C)(C)C)cc(C(C)(C)C)c3)c3cc(CCCC)ccc23)c1. The van der Waals surface area contributed by atoms with E-state index in [9.17, 15) is 0 Å². The van der Waals surface area contributed by atoms with E-state index in [0.717, 1.165) is 44.9 Å². The lowest BCUT2D eigenvalue weighted by Crippen LogP contribution is -2.20. The maximum absolute atomic E-state index is 2.73. The van der Waals surface area contributed by atoms with Crippen molar-refractivity contribution in [1.82, 2.24) is 0 Å². The molecule has 0 aliphatic carbocycles. The summed E-state index contributed by atoms with van der Waals surface area (Å²) >= 11 is 0. The number of rotatable bonds is 21. The molecule has 2 heteroatoms. The van der Waals surface area contributed by atoms with Crippen LogP contribution in [-0.4, -0.2) is 0 Å². The van der Waals surface area contributed by atoms with Crippen LogP contribution in [0.4, 0.5) is 34.1 Å². The Hall–Kier alpha value is -5.34. The second-order valence-electron chi connectivity index (χ2n) is 26.9. The lowest BCUT2D eigenvalue weighted by atomic mass is 9.80. The Morgan fingerprint density at radius 3 is 0.855 bits per heavy atom. The van der Waals surface area contributed by atoms with Crippen molar-refractivity contribution in [2.24, 2.45) is 0 Å². The second kappa shape index (κ2) is 24.5. The number of hydrogen-bond acceptors (Lipinski definition) is 2. The Morgan fingerprint density at radius 2 is 0.553 bits per heavy atom. The van der Waals surface area contributed by atoms with E-state index in [1.807, 2.05) is 0 Å². The van der Waals surface area contributed by atoms with Gasteiger partial charge >= 0.3 is 0 Å². The van der Waals surface area contributed by atoms with Gasteiger partial charge in [-0.25, -0.2) is 0 Å². The smallest absolute Gasteiger partial charge is 0.0620 e. The predicted octanol–water partition coefficient (Wildman–Crippen LogP) is 22.8. The van der Waals surface area contributed by atoms with Crippen molar-refractivity contribution >= 4 is 55.7 Å². The first-order valence-corrected chi connectivity index (χ1v) is 30.1. The number of hydrogen-bond donors (Lipinski definition) is 0. The molecule has 0 aliphatic heterocycles. The van der Waals surface area contributed by atoms with Crippen molar-refractivity contribution < 1.29 is 0 Å². The minimum atomic E-state index is -0.0616. The standard InChI is InChI=1S/C74H100N2/c1-18-23-30-52-37-38-67-68(45-52)70(76(62-43-55(33-26-21-4)40-56(44-62)34-27-22-5)64-50-59(73(12,13)14)47-60(51-64)74(15,16)17)66-36-29-28-35-65(66)69(67)75(61-41-53(31-24-19-2)39-54(42-61)32-25-20-3)63-48-57(71(6,7)8)46-58(49-63)72(9,10)11/h28-29,35-51H,18-27,30-34H2,1-17H3. The topological polar surface area (TPSA) is 6.48 Å². The van der Waals surface area contributed by atoms with Gasteiger partial charge in [0, 0.05) is 44.3 Å². The zero-order valence-corrected chi connectivity index (χ0v) is 51.0. The van der Waals surface area contributed by atoms with Crippen LogP contribution < -0.4 is 9.80 Å². The highest BCUT2D eigenvalue weighted by Gasteiger charge is 2.31. The minimum absolute atomic E-state index is 0.0608. The molecule has 0 heterocycles. The summed E-state index contributed by atoms with van der Waals surface area (Å²) in [5.41, 5.74) is 19.9. The molecule has 0 bridgehead atoms. The fourth-order valence-corrected chi connectivity index (χ4v) is 11.1. The van der Waals surface area contributed by atoms with E-state index in [1.54, 1.807) is 0 Å². The molecule has 0 fully saturated rings. The van der Waals surface area contributed by atoms with Crippen molar-refractivity contribution in [2.45, 2.75) is 236 Å². The Morgan fingerprint density at radius 1 is 0.276 bits per heavy atom. The van der Waals surface area contributed by atoms with Gasteiger partial charge in [-0.1, -0.05) is 210 Å². The van der Waals surface area contributed by atoms with Crippen molar-refractivity contribution in [3.63, 3.8) is 0 Å². The molecule has 0 saturated carbocycles. The van der Waals surface area contributed by atoms with Crippen molar-refractivity contribution in [3.05, 3.63) is 165 Å². The third-order valence-electron chi connectivity index (χ3n) is 16.0. The zero-order valence-electron chi connectivity index (χ0n) is 51.0. The van der Waals surface area contributed by atoms with E-state index in [2.05, 4.69) is 243 Å². The summed E-state index contributed by atoms with van der Waals surface area (Å²) in [4.78, 5) is 5.44. The molecule has 0 radical (unpaired) electrons. The van der Waals surface area contributed by atoms with Gasteiger partial charge in [0.2, 0.25) is 0 Å². The summed E-state index contributed by atoms with van der Waals surface area (Å²) in [5.74, 6) is 0. The molecule has 7 rings (SSSR count). The molecule has 7 aromatic rings. The van der Waals surface area contributed by atoms with E-state index >= 15 is 0 Å². The average molecular weight is 1020 g/mol. The number of aryl methyl sites for hydroxylation is 5. The van der Waals surface area contributed by atoms with Crippen molar-refractivity contribution in [1.29, 1.82) is 0 Å². The fourth-order valence-electron chi connectivity index (χ4n) is 11.1. The van der Waals surface area contributed by atoms with Gasteiger partial charge < -0.3 is 9.80 Å². The number of fused-ring (bicyclic) bond motifs is 2. The van der Waals surface area contributed by atoms with Crippen LogP contribution >= 0.6 is 0 Å². The molecule has 0 unspecified atom stereocenters. The molecule has 0 saturated heterocycles. The van der Waals surface area contributed by atoms with Crippen LogP contribution in [0.1, 0.15) is 232 Å². The van der Waals surface area contributed by atoms with Gasteiger partial charge in [0.25, 0.3) is 0 Å². The zero-order chi connectivity index (χ0) is 55.2. The highest BCUT2D eigenvalue weighted by Crippen LogP contribution is 2.53. The lowest BCUT2D eigenvalue weighted by molar-refractivity contribution is 0.568. The molecule has 2 nitrogen and oxygen atoms in total. The van der Waals surface area contributed by atoms with Crippen LogP contribution in [-0.2, 0) is 53.8 Å². The van der Waals surface area contributed by atoms with Crippen molar-refractivity contribution in [3.8, 4) is 0 Å². The van der Waals surface area contributed by atoms with Crippen LogP contribution in [0, 0.1) is 0 Å². The Kier molecular flexibility index (Phi) is 18.8. The van der Waals surface area contributed by atoms with E-state index in [1.165, 1.54) is 157 Å². The third-order valence-corrected chi connectivity index (χ3v) is 16.0. The Balaban J connectivity index is 1.74. The Labute approximate surface area is 464 Å². The molecule has 7 aromatic carbocycles. The first-order valence-electron chi connectivity index (χ1n) is 30.1. The number of benzene rings is 7. The molecule has 0 amide bonds. The molecule has 0 aromatic heterocycles. The van der Waals surface area contributed by atoms with Gasteiger partial charge in [-0.05, 0) is 191 Å². The monoisotopic (exact) mass is 1020 g/mol. The van der Waals surface area contributed by atoms with Gasteiger partial charge in [0.05, 0.1) is 11.4 Å². The second-order valence-corrected chi connectivity index (χ2v) is 26.9. The van der Waals surface area contributed by atoms with Crippen LogP contribution in [0.25, 0.3) is 21.5 Å². The van der Waals surface area contributed by atoms with Crippen LogP contribution in [0.2, 0.25) is 0 Å². The molecule has 76 heavy (non-hydrogen) atoms. The van der Waals surface area contributed by atoms with E-state index in [0.29, 0.717) is 0 Å². The summed E-state index contributed by atoms with van der Waals surface area (Å²) < 4.78 is 0. The molecule has 406 valence electrons. The number of anilines is 6. The van der Waals surface area contributed by atoms with Crippen LogP contribution in [0.5, 0.6) is 0 Å². The van der Waals surface area contributed by atoms with Gasteiger partial charge in [0.1, 0.15) is 0 Å². The molecule has 0 atom stereocenters.